The van der Waals surface area contributed by atoms with E-state index in [1.54, 1.807) is 0 Å². The van der Waals surface area contributed by atoms with Gasteiger partial charge in [-0.05, 0) is 0 Å². The molecule has 0 heterocycles. The van der Waals surface area contributed by atoms with Crippen molar-refractivity contribution >= 4 is 16.6 Å². The summed E-state index contributed by atoms with van der Waals surface area (Å²) in [5.41, 5.74) is -2.01. The topological polar surface area (TPSA) is 116 Å². The minimum absolute atomic E-state index is 0.0578. The molecule has 2 unspecified atom stereocenters. The van der Waals surface area contributed by atoms with Crippen molar-refractivity contribution in [3.05, 3.63) is 12.7 Å². The van der Waals surface area contributed by atoms with Gasteiger partial charge >= 0.3 is 5.97 Å². The predicted molar refractivity (Wildman–Crippen MR) is 62.8 cm³/mol. The van der Waals surface area contributed by atoms with E-state index in [4.69, 9.17) is 18.9 Å². The first-order valence-corrected chi connectivity index (χ1v) is 6.74. The minimum atomic E-state index is -3.42. The first kappa shape index (κ1) is 16.4. The average molecular weight is 270 g/mol. The van der Waals surface area contributed by atoms with Crippen LogP contribution in [0.4, 0.5) is 0 Å². The molecule has 0 bridgehead atoms. The molecule has 0 aromatic rings. The molecule has 0 fully saturated rings. The summed E-state index contributed by atoms with van der Waals surface area (Å²) in [7, 11) is -3.42. The molecule has 0 aliphatic rings. The van der Waals surface area contributed by atoms with E-state index in [9.17, 15) is 9.90 Å². The van der Waals surface area contributed by atoms with Crippen LogP contribution in [0.5, 0.6) is 0 Å². The van der Waals surface area contributed by atoms with Crippen molar-refractivity contribution in [3.8, 4) is 0 Å². The van der Waals surface area contributed by atoms with E-state index in [-0.39, 0.29) is 13.2 Å². The molecule has 4 N–H and O–H groups in total. The van der Waals surface area contributed by atoms with Crippen LogP contribution in [0.2, 0.25) is 0 Å². The van der Waals surface area contributed by atoms with Crippen molar-refractivity contribution in [1.29, 1.82) is 0 Å². The van der Waals surface area contributed by atoms with Crippen molar-refractivity contribution in [2.45, 2.75) is 11.5 Å². The molecule has 0 spiro atoms. The lowest BCUT2D eigenvalue weighted by atomic mass is 10.4. The van der Waals surface area contributed by atoms with Crippen LogP contribution in [0, 0.1) is 0 Å². The number of carbonyl (C=O) groups excluding carboxylic acids is 1. The molecule has 0 aromatic heterocycles. The largest absolute Gasteiger partial charge is 0.460 e. The zero-order valence-electron chi connectivity index (χ0n) is 9.48. The Labute approximate surface area is 101 Å². The molecule has 17 heavy (non-hydrogen) atoms. The lowest BCUT2D eigenvalue weighted by Crippen LogP contribution is -2.32. The maximum absolute atomic E-state index is 11.1. The molecule has 2 atom stereocenters. The van der Waals surface area contributed by atoms with E-state index in [1.165, 1.54) is 6.08 Å². The van der Waals surface area contributed by atoms with Gasteiger partial charge in [-0.3, -0.25) is 9.11 Å². The Morgan fingerprint density at radius 1 is 1.41 bits per heavy atom. The fourth-order valence-electron chi connectivity index (χ4n) is 0.767. The molecule has 0 aromatic carbocycles. The van der Waals surface area contributed by atoms with E-state index in [0.717, 1.165) is 6.26 Å². The summed E-state index contributed by atoms with van der Waals surface area (Å²) < 4.78 is 27.3. The summed E-state index contributed by atoms with van der Waals surface area (Å²) in [4.78, 5) is 11.1. The van der Waals surface area contributed by atoms with Crippen LogP contribution in [0.3, 0.4) is 0 Å². The van der Waals surface area contributed by atoms with E-state index in [1.807, 2.05) is 0 Å². The minimum Gasteiger partial charge on any atom is -0.460 e. The number of rotatable bonds is 8. The van der Waals surface area contributed by atoms with Crippen LogP contribution in [0.15, 0.2) is 12.7 Å². The summed E-state index contributed by atoms with van der Waals surface area (Å²) >= 11 is 0. The van der Waals surface area contributed by atoms with Crippen LogP contribution in [0.25, 0.3) is 0 Å². The van der Waals surface area contributed by atoms with E-state index in [2.05, 4.69) is 11.3 Å². The fraction of sp³-hybridized carbons (Fsp3) is 0.667. The Kier molecular flexibility index (Phi) is 7.35. The molecular weight excluding hydrogens is 252 g/mol. The van der Waals surface area contributed by atoms with Gasteiger partial charge in [0.2, 0.25) is 5.44 Å². The summed E-state index contributed by atoms with van der Waals surface area (Å²) in [5, 5.41) is 18.4. The van der Waals surface area contributed by atoms with Crippen LogP contribution in [0.1, 0.15) is 0 Å². The van der Waals surface area contributed by atoms with Gasteiger partial charge in [-0.25, -0.2) is 4.79 Å². The van der Waals surface area contributed by atoms with Crippen LogP contribution in [-0.2, 0) is 14.3 Å². The molecule has 0 aliphatic heterocycles. The van der Waals surface area contributed by atoms with Crippen molar-refractivity contribution < 1.29 is 33.6 Å². The van der Waals surface area contributed by atoms with Crippen LogP contribution < -0.4 is 0 Å². The van der Waals surface area contributed by atoms with Gasteiger partial charge in [-0.1, -0.05) is 6.08 Å². The maximum Gasteiger partial charge on any atom is 0.355 e. The Hall–Kier alpha value is -0.640. The smallest absolute Gasteiger partial charge is 0.355 e. The van der Waals surface area contributed by atoms with Gasteiger partial charge in [0.1, 0.15) is 12.7 Å². The zero-order valence-corrected chi connectivity index (χ0v) is 10.3. The van der Waals surface area contributed by atoms with Crippen LogP contribution >= 0.6 is 10.6 Å². The van der Waals surface area contributed by atoms with Gasteiger partial charge in [-0.15, -0.1) is 6.58 Å². The molecule has 8 heteroatoms. The van der Waals surface area contributed by atoms with E-state index < -0.39 is 34.7 Å². The quantitative estimate of drug-likeness (QED) is 0.274. The number of carbonyl (C=O) groups is 1. The summed E-state index contributed by atoms with van der Waals surface area (Å²) in [6.07, 6.45) is 1.36. The Balaban J connectivity index is 3.87. The van der Waals surface area contributed by atoms with Crippen molar-refractivity contribution in [2.24, 2.45) is 0 Å². The molecule has 0 radical (unpaired) electrons. The second kappa shape index (κ2) is 7.64. The Morgan fingerprint density at radius 3 is 2.47 bits per heavy atom. The third-order valence-electron chi connectivity index (χ3n) is 1.59. The SMILES string of the molecule is C=CCOCC(O)COC(=O)C(O)S(C)(O)O. The van der Waals surface area contributed by atoms with Crippen LogP contribution in [-0.4, -0.2) is 62.9 Å². The number of ether oxygens (including phenoxy) is 2. The fourth-order valence-corrected chi connectivity index (χ4v) is 1.20. The molecule has 7 nitrogen and oxygen atoms in total. The summed E-state index contributed by atoms with van der Waals surface area (Å²) in [6.45, 7) is 3.20. The highest BCUT2D eigenvalue weighted by Crippen LogP contribution is 2.38. The molecule has 0 aliphatic carbocycles. The van der Waals surface area contributed by atoms with Gasteiger partial charge in [-0.2, -0.15) is 10.6 Å². The molecule has 0 rings (SSSR count). The van der Waals surface area contributed by atoms with Crippen molar-refractivity contribution in [3.63, 3.8) is 0 Å². The lowest BCUT2D eigenvalue weighted by molar-refractivity contribution is -0.153. The standard InChI is InChI=1S/C9H18O7S/c1-3-4-15-5-7(10)6-16-8(11)9(12)17(2,13)14/h3,7,9-10,12-14H,1,4-6H2,2H3. The van der Waals surface area contributed by atoms with E-state index in [0.29, 0.717) is 0 Å². The second-order valence-corrected chi connectivity index (χ2v) is 5.59. The first-order chi connectivity index (χ1) is 7.79. The number of aliphatic hydroxyl groups excluding tert-OH is 2. The summed E-state index contributed by atoms with van der Waals surface area (Å²) in [5.74, 6) is -1.20. The Morgan fingerprint density at radius 2 is 2.00 bits per heavy atom. The van der Waals surface area contributed by atoms with Crippen molar-refractivity contribution in [2.75, 3.05) is 26.1 Å². The highest BCUT2D eigenvalue weighted by Gasteiger charge is 2.28. The number of esters is 1. The Bertz CT molecular complexity index is 250. The average Bonchev–Trinajstić information content (AvgIpc) is 2.24. The number of hydrogen-bond donors (Lipinski definition) is 4. The van der Waals surface area contributed by atoms with Gasteiger partial charge < -0.3 is 19.7 Å². The monoisotopic (exact) mass is 270 g/mol. The number of aliphatic hydroxyl groups is 2. The van der Waals surface area contributed by atoms with Gasteiger partial charge in [0, 0.05) is 6.26 Å². The lowest BCUT2D eigenvalue weighted by Gasteiger charge is -2.30. The second-order valence-electron chi connectivity index (χ2n) is 3.36. The zero-order chi connectivity index (χ0) is 13.5. The highest BCUT2D eigenvalue weighted by molar-refractivity contribution is 8.24. The third kappa shape index (κ3) is 7.31. The molecule has 0 amide bonds. The van der Waals surface area contributed by atoms with Gasteiger partial charge in [0.15, 0.2) is 0 Å². The predicted octanol–water partition coefficient (Wildman–Crippen LogP) is -0.208. The molecule has 0 saturated heterocycles. The maximum atomic E-state index is 11.1. The van der Waals surface area contributed by atoms with Gasteiger partial charge in [0.05, 0.1) is 13.2 Å². The molecule has 0 saturated carbocycles. The molecular formula is C9H18O7S. The highest BCUT2D eigenvalue weighted by atomic mass is 32.3. The van der Waals surface area contributed by atoms with E-state index >= 15 is 0 Å². The van der Waals surface area contributed by atoms with Gasteiger partial charge in [0.25, 0.3) is 0 Å². The molecule has 102 valence electrons. The summed E-state index contributed by atoms with van der Waals surface area (Å²) in [6, 6.07) is 0. The normalized spacial score (nSPS) is 16.1. The third-order valence-corrected chi connectivity index (χ3v) is 2.63. The number of hydrogen-bond acceptors (Lipinski definition) is 7. The van der Waals surface area contributed by atoms with Crippen molar-refractivity contribution in [1.82, 2.24) is 0 Å². The first-order valence-electron chi connectivity index (χ1n) is 4.72.